The van der Waals surface area contributed by atoms with Crippen LogP contribution in [0.25, 0.3) is 0 Å². The lowest BCUT2D eigenvalue weighted by molar-refractivity contribution is -0.150. The van der Waals surface area contributed by atoms with Crippen molar-refractivity contribution in [3.8, 4) is 0 Å². The number of carbonyl (C=O) groups is 1. The summed E-state index contributed by atoms with van der Waals surface area (Å²) in [6.07, 6.45) is 4.10. The average molecular weight is 279 g/mol. The van der Waals surface area contributed by atoms with Crippen molar-refractivity contribution in [2.45, 2.75) is 45.2 Å². The summed E-state index contributed by atoms with van der Waals surface area (Å²) in [5, 5.41) is 3.42. The van der Waals surface area contributed by atoms with Gasteiger partial charge in [0.15, 0.2) is 0 Å². The first kappa shape index (κ1) is 15.0. The van der Waals surface area contributed by atoms with Crippen molar-refractivity contribution in [1.29, 1.82) is 0 Å². The summed E-state index contributed by atoms with van der Waals surface area (Å²) < 4.78 is 18.0. The maximum atomic E-state index is 12.9. The standard InChI is InChI=1S/C16H22FNO2/c1-2-20-16(19)14-5-3-4-6-15(14)18-11-12-7-9-13(17)10-8-12/h7-10,14-15,18H,2-6,11H2,1H3. The van der Waals surface area contributed by atoms with Gasteiger partial charge in [0.25, 0.3) is 0 Å². The Morgan fingerprint density at radius 1 is 1.30 bits per heavy atom. The van der Waals surface area contributed by atoms with Crippen molar-refractivity contribution in [3.63, 3.8) is 0 Å². The van der Waals surface area contributed by atoms with Crippen molar-refractivity contribution in [1.82, 2.24) is 5.32 Å². The summed E-state index contributed by atoms with van der Waals surface area (Å²) in [5.74, 6) is -0.372. The predicted molar refractivity (Wildman–Crippen MR) is 75.6 cm³/mol. The van der Waals surface area contributed by atoms with Gasteiger partial charge < -0.3 is 10.1 Å². The predicted octanol–water partition coefficient (Wildman–Crippen LogP) is 3.04. The maximum absolute atomic E-state index is 12.9. The van der Waals surface area contributed by atoms with Crippen LogP contribution in [0.1, 0.15) is 38.2 Å². The molecule has 2 unspecified atom stereocenters. The molecule has 1 saturated carbocycles. The summed E-state index contributed by atoms with van der Waals surface area (Å²) in [7, 11) is 0. The van der Waals surface area contributed by atoms with Gasteiger partial charge >= 0.3 is 5.97 Å². The summed E-state index contributed by atoms with van der Waals surface area (Å²) in [5.41, 5.74) is 1.03. The lowest BCUT2D eigenvalue weighted by atomic mass is 9.84. The Hall–Kier alpha value is -1.42. The second kappa shape index (κ2) is 7.39. The zero-order valence-corrected chi connectivity index (χ0v) is 11.9. The van der Waals surface area contributed by atoms with Crippen LogP contribution in [0.5, 0.6) is 0 Å². The number of benzene rings is 1. The van der Waals surface area contributed by atoms with Crippen LogP contribution in [-0.4, -0.2) is 18.6 Å². The molecule has 1 fully saturated rings. The van der Waals surface area contributed by atoms with Gasteiger partial charge in [-0.1, -0.05) is 25.0 Å². The molecule has 2 atom stereocenters. The molecule has 1 aliphatic rings. The summed E-state index contributed by atoms with van der Waals surface area (Å²) in [6, 6.07) is 6.61. The molecule has 0 heterocycles. The second-order valence-electron chi connectivity index (χ2n) is 5.26. The molecule has 0 radical (unpaired) electrons. The van der Waals surface area contributed by atoms with E-state index in [0.29, 0.717) is 13.2 Å². The van der Waals surface area contributed by atoms with E-state index in [1.165, 1.54) is 12.1 Å². The Labute approximate surface area is 119 Å². The molecule has 0 amide bonds. The molecule has 0 spiro atoms. The monoisotopic (exact) mass is 279 g/mol. The molecule has 0 saturated heterocycles. The number of nitrogens with one attached hydrogen (secondary N) is 1. The van der Waals surface area contributed by atoms with Crippen LogP contribution in [0.15, 0.2) is 24.3 Å². The first-order chi connectivity index (χ1) is 9.70. The number of hydrogen-bond donors (Lipinski definition) is 1. The van der Waals surface area contributed by atoms with Gasteiger partial charge in [-0.15, -0.1) is 0 Å². The highest BCUT2D eigenvalue weighted by Crippen LogP contribution is 2.26. The van der Waals surface area contributed by atoms with E-state index in [2.05, 4.69) is 5.32 Å². The first-order valence-corrected chi connectivity index (χ1v) is 7.35. The fourth-order valence-corrected chi connectivity index (χ4v) is 2.76. The van der Waals surface area contributed by atoms with E-state index in [0.717, 1.165) is 31.2 Å². The summed E-state index contributed by atoms with van der Waals surface area (Å²) in [6.45, 7) is 2.92. The lowest BCUT2D eigenvalue weighted by Gasteiger charge is -2.30. The highest BCUT2D eigenvalue weighted by molar-refractivity contribution is 5.73. The van der Waals surface area contributed by atoms with Crippen LogP contribution in [0, 0.1) is 11.7 Å². The Balaban J connectivity index is 1.91. The van der Waals surface area contributed by atoms with Crippen LogP contribution < -0.4 is 5.32 Å². The highest BCUT2D eigenvalue weighted by atomic mass is 19.1. The van der Waals surface area contributed by atoms with Gasteiger partial charge in [-0.25, -0.2) is 4.39 Å². The first-order valence-electron chi connectivity index (χ1n) is 7.35. The Kier molecular flexibility index (Phi) is 5.53. The van der Waals surface area contributed by atoms with Crippen LogP contribution in [-0.2, 0) is 16.1 Å². The van der Waals surface area contributed by atoms with Crippen LogP contribution in [0.4, 0.5) is 4.39 Å². The number of rotatable bonds is 5. The van der Waals surface area contributed by atoms with E-state index in [4.69, 9.17) is 4.74 Å². The third kappa shape index (κ3) is 4.04. The zero-order valence-electron chi connectivity index (χ0n) is 11.9. The molecule has 1 aromatic carbocycles. The van der Waals surface area contributed by atoms with Crippen molar-refractivity contribution >= 4 is 5.97 Å². The molecule has 2 rings (SSSR count). The molecule has 110 valence electrons. The largest absolute Gasteiger partial charge is 0.466 e. The normalized spacial score (nSPS) is 22.5. The number of carbonyl (C=O) groups excluding carboxylic acids is 1. The van der Waals surface area contributed by atoms with E-state index in [1.54, 1.807) is 12.1 Å². The summed E-state index contributed by atoms with van der Waals surface area (Å²) in [4.78, 5) is 12.0. The van der Waals surface area contributed by atoms with E-state index in [9.17, 15) is 9.18 Å². The number of ether oxygens (including phenoxy) is 1. The quantitative estimate of drug-likeness (QED) is 0.842. The smallest absolute Gasteiger partial charge is 0.310 e. The minimum absolute atomic E-state index is 0.0517. The van der Waals surface area contributed by atoms with E-state index in [-0.39, 0.29) is 23.7 Å². The molecule has 4 heteroatoms. The molecule has 1 aliphatic carbocycles. The molecule has 0 aliphatic heterocycles. The van der Waals surface area contributed by atoms with Crippen LogP contribution in [0.2, 0.25) is 0 Å². The van der Waals surface area contributed by atoms with Gasteiger partial charge in [-0.3, -0.25) is 4.79 Å². The zero-order chi connectivity index (χ0) is 14.4. The van der Waals surface area contributed by atoms with E-state index < -0.39 is 0 Å². The fourth-order valence-electron chi connectivity index (χ4n) is 2.76. The maximum Gasteiger partial charge on any atom is 0.310 e. The van der Waals surface area contributed by atoms with Crippen molar-refractivity contribution in [2.75, 3.05) is 6.61 Å². The Morgan fingerprint density at radius 2 is 2.00 bits per heavy atom. The molecule has 1 aromatic rings. The van der Waals surface area contributed by atoms with Gasteiger partial charge in [-0.05, 0) is 37.5 Å². The third-order valence-corrected chi connectivity index (χ3v) is 3.84. The van der Waals surface area contributed by atoms with Gasteiger partial charge in [0.2, 0.25) is 0 Å². The van der Waals surface area contributed by atoms with Gasteiger partial charge in [0, 0.05) is 12.6 Å². The molecular weight excluding hydrogens is 257 g/mol. The van der Waals surface area contributed by atoms with Gasteiger partial charge in [-0.2, -0.15) is 0 Å². The SMILES string of the molecule is CCOC(=O)C1CCCCC1NCc1ccc(F)cc1. The van der Waals surface area contributed by atoms with E-state index >= 15 is 0 Å². The second-order valence-corrected chi connectivity index (χ2v) is 5.26. The highest BCUT2D eigenvalue weighted by Gasteiger charge is 2.31. The fraction of sp³-hybridized carbons (Fsp3) is 0.562. The van der Waals surface area contributed by atoms with Crippen molar-refractivity contribution in [3.05, 3.63) is 35.6 Å². The Morgan fingerprint density at radius 3 is 2.70 bits per heavy atom. The topological polar surface area (TPSA) is 38.3 Å². The molecular formula is C16H22FNO2. The lowest BCUT2D eigenvalue weighted by Crippen LogP contribution is -2.42. The molecule has 0 bridgehead atoms. The number of esters is 1. The van der Waals surface area contributed by atoms with Gasteiger partial charge in [0.05, 0.1) is 12.5 Å². The average Bonchev–Trinajstić information content (AvgIpc) is 2.47. The minimum atomic E-state index is -0.226. The van der Waals surface area contributed by atoms with E-state index in [1.807, 2.05) is 6.92 Å². The van der Waals surface area contributed by atoms with Crippen LogP contribution >= 0.6 is 0 Å². The number of halogens is 1. The van der Waals surface area contributed by atoms with Crippen LogP contribution in [0.3, 0.4) is 0 Å². The Bertz CT molecular complexity index is 433. The molecule has 3 nitrogen and oxygen atoms in total. The molecule has 1 N–H and O–H groups in total. The van der Waals surface area contributed by atoms with Gasteiger partial charge in [0.1, 0.15) is 5.82 Å². The van der Waals surface area contributed by atoms with Crippen molar-refractivity contribution < 1.29 is 13.9 Å². The minimum Gasteiger partial charge on any atom is -0.466 e. The molecule has 0 aromatic heterocycles. The summed E-state index contributed by atoms with van der Waals surface area (Å²) >= 11 is 0. The van der Waals surface area contributed by atoms with Crippen molar-refractivity contribution in [2.24, 2.45) is 5.92 Å². The molecule has 20 heavy (non-hydrogen) atoms. The number of hydrogen-bond acceptors (Lipinski definition) is 3. The third-order valence-electron chi connectivity index (χ3n) is 3.84.